The number of para-hydroxylation sites is 1. The van der Waals surface area contributed by atoms with E-state index in [2.05, 4.69) is 10.1 Å². The molecule has 1 aliphatic rings. The maximum absolute atomic E-state index is 12.6. The Kier molecular flexibility index (Phi) is 4.35. The zero-order valence-electron chi connectivity index (χ0n) is 16.7. The average molecular weight is 400 g/mol. The molecule has 0 saturated carbocycles. The lowest BCUT2D eigenvalue weighted by molar-refractivity contribution is 0.133. The fraction of sp³-hybridized carbons (Fsp3) is 0.174. The third-order valence-electron chi connectivity index (χ3n) is 5.22. The number of aryl methyl sites for hydroxylation is 1. The van der Waals surface area contributed by atoms with Gasteiger partial charge in [0, 0.05) is 17.5 Å². The first-order valence-electron chi connectivity index (χ1n) is 9.67. The molecule has 2 aromatic heterocycles. The zero-order valence-corrected chi connectivity index (χ0v) is 16.7. The fourth-order valence-electron chi connectivity index (χ4n) is 3.65. The maximum Gasteiger partial charge on any atom is 0.417 e. The van der Waals surface area contributed by atoms with Gasteiger partial charge in [-0.15, -0.1) is 0 Å². The lowest BCUT2D eigenvalue weighted by atomic mass is 10.1. The van der Waals surface area contributed by atoms with Gasteiger partial charge in [0.1, 0.15) is 5.75 Å². The van der Waals surface area contributed by atoms with Crippen molar-refractivity contribution in [3.63, 3.8) is 0 Å². The summed E-state index contributed by atoms with van der Waals surface area (Å²) in [5, 5.41) is 5.59. The van der Waals surface area contributed by atoms with Crippen molar-refractivity contribution in [3.05, 3.63) is 77.5 Å². The van der Waals surface area contributed by atoms with Gasteiger partial charge >= 0.3 is 6.09 Å². The van der Waals surface area contributed by atoms with E-state index in [4.69, 9.17) is 9.47 Å². The van der Waals surface area contributed by atoms with Crippen molar-refractivity contribution >= 4 is 17.1 Å². The molecule has 0 fully saturated rings. The second-order valence-electron chi connectivity index (χ2n) is 7.23. The molecule has 0 N–H and O–H groups in total. The van der Waals surface area contributed by atoms with Crippen LogP contribution in [0.2, 0.25) is 0 Å². The van der Waals surface area contributed by atoms with Crippen molar-refractivity contribution in [1.29, 1.82) is 0 Å². The highest BCUT2D eigenvalue weighted by Crippen LogP contribution is 2.31. The van der Waals surface area contributed by atoms with Gasteiger partial charge in [-0.05, 0) is 42.8 Å². The SMILES string of the molecule is COc1ccc(CN2Cc3cc4c(C)nn(-c5ccccc5)c4nc3OC2=O)cc1. The third-order valence-corrected chi connectivity index (χ3v) is 5.22. The Morgan fingerprint density at radius 2 is 1.87 bits per heavy atom. The van der Waals surface area contributed by atoms with E-state index in [1.165, 1.54) is 0 Å². The number of nitrogens with zero attached hydrogens (tertiary/aromatic N) is 4. The van der Waals surface area contributed by atoms with Crippen molar-refractivity contribution < 1.29 is 14.3 Å². The van der Waals surface area contributed by atoms with Crippen molar-refractivity contribution in [2.75, 3.05) is 7.11 Å². The number of hydrogen-bond donors (Lipinski definition) is 0. The lowest BCUT2D eigenvalue weighted by Gasteiger charge is -2.27. The highest BCUT2D eigenvalue weighted by molar-refractivity contribution is 5.83. The Bertz CT molecular complexity index is 1230. The van der Waals surface area contributed by atoms with Crippen molar-refractivity contribution in [2.24, 2.45) is 0 Å². The van der Waals surface area contributed by atoms with Gasteiger partial charge in [-0.3, -0.25) is 4.90 Å². The van der Waals surface area contributed by atoms with Gasteiger partial charge in [-0.2, -0.15) is 10.1 Å². The summed E-state index contributed by atoms with van der Waals surface area (Å²) in [5.41, 5.74) is 4.33. The molecular formula is C23H20N4O3. The van der Waals surface area contributed by atoms with E-state index >= 15 is 0 Å². The lowest BCUT2D eigenvalue weighted by Crippen LogP contribution is -2.36. The van der Waals surface area contributed by atoms with Gasteiger partial charge in [0.15, 0.2) is 5.65 Å². The van der Waals surface area contributed by atoms with Crippen LogP contribution in [0.15, 0.2) is 60.7 Å². The van der Waals surface area contributed by atoms with Crippen LogP contribution in [-0.2, 0) is 13.1 Å². The predicted molar refractivity (Wildman–Crippen MR) is 112 cm³/mol. The quantitative estimate of drug-likeness (QED) is 0.512. The molecular weight excluding hydrogens is 380 g/mol. The normalized spacial score (nSPS) is 13.3. The van der Waals surface area contributed by atoms with Crippen LogP contribution < -0.4 is 9.47 Å². The first-order valence-corrected chi connectivity index (χ1v) is 9.67. The average Bonchev–Trinajstić information content (AvgIpc) is 3.09. The van der Waals surface area contributed by atoms with E-state index in [0.29, 0.717) is 24.6 Å². The second kappa shape index (κ2) is 7.18. The Hall–Kier alpha value is -3.87. The monoisotopic (exact) mass is 400 g/mol. The molecule has 150 valence electrons. The number of aromatic nitrogens is 3. The molecule has 2 aromatic carbocycles. The molecule has 0 radical (unpaired) electrons. The zero-order chi connectivity index (χ0) is 20.7. The molecule has 7 heteroatoms. The summed E-state index contributed by atoms with van der Waals surface area (Å²) < 4.78 is 12.6. The molecule has 0 spiro atoms. The molecule has 4 aromatic rings. The summed E-state index contributed by atoms with van der Waals surface area (Å²) in [4.78, 5) is 18.9. The minimum atomic E-state index is -0.410. The smallest absolute Gasteiger partial charge is 0.417 e. The molecule has 30 heavy (non-hydrogen) atoms. The number of methoxy groups -OCH3 is 1. The third kappa shape index (κ3) is 3.14. The number of pyridine rings is 1. The van der Waals surface area contributed by atoms with Crippen molar-refractivity contribution in [1.82, 2.24) is 19.7 Å². The minimum absolute atomic E-state index is 0.343. The molecule has 0 bridgehead atoms. The largest absolute Gasteiger partial charge is 0.497 e. The minimum Gasteiger partial charge on any atom is -0.497 e. The number of benzene rings is 2. The topological polar surface area (TPSA) is 69.5 Å². The highest BCUT2D eigenvalue weighted by Gasteiger charge is 2.28. The van der Waals surface area contributed by atoms with E-state index in [-0.39, 0.29) is 0 Å². The first kappa shape index (κ1) is 18.2. The summed E-state index contributed by atoms with van der Waals surface area (Å²) in [6, 6.07) is 19.5. The maximum atomic E-state index is 12.6. The number of amides is 1. The second-order valence-corrected chi connectivity index (χ2v) is 7.23. The molecule has 3 heterocycles. The van der Waals surface area contributed by atoms with Crippen molar-refractivity contribution in [3.8, 4) is 17.3 Å². The van der Waals surface area contributed by atoms with Gasteiger partial charge in [-0.25, -0.2) is 9.48 Å². The van der Waals surface area contributed by atoms with Gasteiger partial charge in [-0.1, -0.05) is 30.3 Å². The number of hydrogen-bond acceptors (Lipinski definition) is 5. The first-order chi connectivity index (χ1) is 14.6. The number of rotatable bonds is 4. The van der Waals surface area contributed by atoms with Crippen LogP contribution in [0.5, 0.6) is 11.6 Å². The van der Waals surface area contributed by atoms with E-state index in [0.717, 1.165) is 33.6 Å². The molecule has 0 saturated heterocycles. The highest BCUT2D eigenvalue weighted by atomic mass is 16.6. The summed E-state index contributed by atoms with van der Waals surface area (Å²) in [7, 11) is 1.63. The molecule has 5 rings (SSSR count). The number of carbonyl (C=O) groups excluding carboxylic acids is 1. The predicted octanol–water partition coefficient (Wildman–Crippen LogP) is 4.25. The number of fused-ring (bicyclic) bond motifs is 2. The fourth-order valence-corrected chi connectivity index (χ4v) is 3.65. The van der Waals surface area contributed by atoms with Crippen LogP contribution in [-0.4, -0.2) is 32.9 Å². The van der Waals surface area contributed by atoms with Gasteiger partial charge < -0.3 is 9.47 Å². The van der Waals surface area contributed by atoms with E-state index < -0.39 is 6.09 Å². The number of carbonyl (C=O) groups is 1. The van der Waals surface area contributed by atoms with Crippen LogP contribution in [0.1, 0.15) is 16.8 Å². The van der Waals surface area contributed by atoms with Crippen molar-refractivity contribution in [2.45, 2.75) is 20.0 Å². The summed E-state index contributed by atoms with van der Waals surface area (Å²) in [6.07, 6.45) is -0.410. The van der Waals surface area contributed by atoms with Crippen LogP contribution in [0.25, 0.3) is 16.7 Å². The van der Waals surface area contributed by atoms with Crippen LogP contribution in [0, 0.1) is 6.92 Å². The van der Waals surface area contributed by atoms with E-state index in [1.807, 2.05) is 67.6 Å². The number of ether oxygens (including phenoxy) is 2. The Labute approximate surface area is 173 Å². The van der Waals surface area contributed by atoms with E-state index in [9.17, 15) is 4.79 Å². The van der Waals surface area contributed by atoms with Gasteiger partial charge in [0.05, 0.1) is 25.0 Å². The Morgan fingerprint density at radius 1 is 1.10 bits per heavy atom. The molecule has 1 aliphatic heterocycles. The molecule has 0 aliphatic carbocycles. The van der Waals surface area contributed by atoms with Crippen LogP contribution in [0.3, 0.4) is 0 Å². The Balaban J connectivity index is 1.48. The summed E-state index contributed by atoms with van der Waals surface area (Å²) >= 11 is 0. The molecule has 0 unspecified atom stereocenters. The molecule has 1 amide bonds. The van der Waals surface area contributed by atoms with Crippen LogP contribution in [0.4, 0.5) is 4.79 Å². The van der Waals surface area contributed by atoms with Gasteiger partial charge in [0.2, 0.25) is 5.88 Å². The van der Waals surface area contributed by atoms with E-state index in [1.54, 1.807) is 16.7 Å². The van der Waals surface area contributed by atoms with Gasteiger partial charge in [0.25, 0.3) is 0 Å². The van der Waals surface area contributed by atoms with Crippen LogP contribution >= 0.6 is 0 Å². The summed E-state index contributed by atoms with van der Waals surface area (Å²) in [5.74, 6) is 1.12. The summed E-state index contributed by atoms with van der Waals surface area (Å²) in [6.45, 7) is 2.83. The molecule has 7 nitrogen and oxygen atoms in total. The standard InChI is InChI=1S/C23H20N4O3/c1-15-20-12-17-14-26(13-16-8-10-19(29-2)11-9-16)23(28)30-22(17)24-21(20)27(25-15)18-6-4-3-5-7-18/h3-12H,13-14H2,1-2H3. The molecule has 0 atom stereocenters. The Morgan fingerprint density at radius 3 is 2.60 bits per heavy atom.